The van der Waals surface area contributed by atoms with Crippen molar-refractivity contribution in [3.05, 3.63) is 24.2 Å². The fourth-order valence-electron chi connectivity index (χ4n) is 2.38. The van der Waals surface area contributed by atoms with E-state index in [9.17, 15) is 9.59 Å². The number of imide groups is 1. The second-order valence-electron chi connectivity index (χ2n) is 5.14. The Bertz CT molecular complexity index is 467. The van der Waals surface area contributed by atoms with Crippen molar-refractivity contribution >= 4 is 11.9 Å². The third kappa shape index (κ3) is 4.30. The summed E-state index contributed by atoms with van der Waals surface area (Å²) in [4.78, 5) is 27.4. The molecular weight excluding hydrogens is 272 g/mol. The SMILES string of the molecule is CNC(=O)NC(=O)[C@@H](C)N1CCN(Cc2ccco2)CC1. The van der Waals surface area contributed by atoms with Gasteiger partial charge in [-0.3, -0.25) is 19.9 Å². The number of carbonyl (C=O) groups excluding carboxylic acids is 2. The quantitative estimate of drug-likeness (QED) is 0.832. The molecule has 1 aromatic heterocycles. The summed E-state index contributed by atoms with van der Waals surface area (Å²) in [6, 6.07) is 3.07. The van der Waals surface area contributed by atoms with E-state index in [0.717, 1.165) is 38.5 Å². The Morgan fingerprint density at radius 1 is 1.33 bits per heavy atom. The van der Waals surface area contributed by atoms with Crippen LogP contribution in [0.1, 0.15) is 12.7 Å². The summed E-state index contributed by atoms with van der Waals surface area (Å²) >= 11 is 0. The van der Waals surface area contributed by atoms with Crippen LogP contribution in [0.25, 0.3) is 0 Å². The van der Waals surface area contributed by atoms with Crippen LogP contribution in [0.15, 0.2) is 22.8 Å². The van der Waals surface area contributed by atoms with Crippen LogP contribution in [0.2, 0.25) is 0 Å². The van der Waals surface area contributed by atoms with Crippen molar-refractivity contribution < 1.29 is 14.0 Å². The van der Waals surface area contributed by atoms with Gasteiger partial charge in [-0.1, -0.05) is 0 Å². The van der Waals surface area contributed by atoms with Gasteiger partial charge in [0.15, 0.2) is 0 Å². The van der Waals surface area contributed by atoms with E-state index >= 15 is 0 Å². The van der Waals surface area contributed by atoms with Gasteiger partial charge in [0.1, 0.15) is 5.76 Å². The van der Waals surface area contributed by atoms with Gasteiger partial charge in [0.25, 0.3) is 0 Å². The van der Waals surface area contributed by atoms with Crippen molar-refractivity contribution in [1.29, 1.82) is 0 Å². The van der Waals surface area contributed by atoms with Crippen LogP contribution < -0.4 is 10.6 Å². The number of hydrogen-bond acceptors (Lipinski definition) is 5. The van der Waals surface area contributed by atoms with E-state index in [0.29, 0.717) is 0 Å². The average molecular weight is 294 g/mol. The lowest BCUT2D eigenvalue weighted by atomic mass is 10.2. The minimum absolute atomic E-state index is 0.270. The van der Waals surface area contributed by atoms with Crippen LogP contribution in [-0.4, -0.2) is 61.0 Å². The second-order valence-corrected chi connectivity index (χ2v) is 5.14. The van der Waals surface area contributed by atoms with E-state index in [1.807, 2.05) is 19.1 Å². The van der Waals surface area contributed by atoms with Crippen molar-refractivity contribution in [3.63, 3.8) is 0 Å². The molecule has 2 rings (SSSR count). The van der Waals surface area contributed by atoms with Crippen LogP contribution in [0.4, 0.5) is 4.79 Å². The highest BCUT2D eigenvalue weighted by Gasteiger charge is 2.26. The van der Waals surface area contributed by atoms with Gasteiger partial charge in [0.05, 0.1) is 18.8 Å². The molecule has 2 N–H and O–H groups in total. The van der Waals surface area contributed by atoms with Crippen molar-refractivity contribution in [2.45, 2.75) is 19.5 Å². The van der Waals surface area contributed by atoms with Crippen molar-refractivity contribution in [2.24, 2.45) is 0 Å². The summed E-state index contributed by atoms with van der Waals surface area (Å²) in [7, 11) is 1.49. The monoisotopic (exact) mass is 294 g/mol. The van der Waals surface area contributed by atoms with Gasteiger partial charge in [-0.2, -0.15) is 0 Å². The zero-order valence-electron chi connectivity index (χ0n) is 12.5. The maximum atomic E-state index is 11.9. The number of hydrogen-bond donors (Lipinski definition) is 2. The normalized spacial score (nSPS) is 18.2. The molecule has 1 aliphatic heterocycles. The molecule has 7 nitrogen and oxygen atoms in total. The van der Waals surface area contributed by atoms with Gasteiger partial charge < -0.3 is 9.73 Å². The van der Waals surface area contributed by atoms with Crippen LogP contribution >= 0.6 is 0 Å². The van der Waals surface area contributed by atoms with Gasteiger partial charge in [-0.15, -0.1) is 0 Å². The molecule has 0 bridgehead atoms. The standard InChI is InChI=1S/C14H22N4O3/c1-11(13(19)16-14(20)15-2)18-7-5-17(6-8-18)10-12-4-3-9-21-12/h3-4,9,11H,5-8,10H2,1-2H3,(H2,15,16,19,20)/t11-/m1/s1. The molecule has 21 heavy (non-hydrogen) atoms. The summed E-state index contributed by atoms with van der Waals surface area (Å²) in [5.41, 5.74) is 0. The van der Waals surface area contributed by atoms with Gasteiger partial charge in [-0.05, 0) is 19.1 Å². The number of rotatable bonds is 4. The Kier molecular flexibility index (Phi) is 5.35. The van der Waals surface area contributed by atoms with E-state index in [1.165, 1.54) is 7.05 Å². The van der Waals surface area contributed by atoms with Gasteiger partial charge in [-0.25, -0.2) is 4.79 Å². The van der Waals surface area contributed by atoms with Crippen molar-refractivity contribution in [1.82, 2.24) is 20.4 Å². The van der Waals surface area contributed by atoms with Crippen LogP contribution in [0.3, 0.4) is 0 Å². The third-order valence-electron chi connectivity index (χ3n) is 3.76. The number of nitrogens with zero attached hydrogens (tertiary/aromatic N) is 2. The molecule has 0 radical (unpaired) electrons. The number of amides is 3. The maximum Gasteiger partial charge on any atom is 0.321 e. The molecule has 1 atom stereocenters. The first-order valence-electron chi connectivity index (χ1n) is 7.11. The second kappa shape index (κ2) is 7.24. The van der Waals surface area contributed by atoms with Crippen LogP contribution in [0, 0.1) is 0 Å². The highest BCUT2D eigenvalue weighted by molar-refractivity contribution is 5.96. The summed E-state index contributed by atoms with van der Waals surface area (Å²) in [5, 5.41) is 4.69. The van der Waals surface area contributed by atoms with Gasteiger partial charge in [0, 0.05) is 33.2 Å². The van der Waals surface area contributed by atoms with E-state index < -0.39 is 6.03 Å². The molecule has 1 saturated heterocycles. The Morgan fingerprint density at radius 2 is 2.05 bits per heavy atom. The van der Waals surface area contributed by atoms with Gasteiger partial charge in [0.2, 0.25) is 5.91 Å². The number of carbonyl (C=O) groups is 2. The molecule has 1 fully saturated rings. The highest BCUT2D eigenvalue weighted by Crippen LogP contribution is 2.11. The molecule has 0 spiro atoms. The Hall–Kier alpha value is -1.86. The number of nitrogens with one attached hydrogen (secondary N) is 2. The van der Waals surface area contributed by atoms with E-state index in [-0.39, 0.29) is 11.9 Å². The first-order chi connectivity index (χ1) is 10.1. The smallest absolute Gasteiger partial charge is 0.321 e. The minimum atomic E-state index is -0.469. The Labute approximate surface area is 124 Å². The zero-order chi connectivity index (χ0) is 15.2. The zero-order valence-corrected chi connectivity index (χ0v) is 12.5. The highest BCUT2D eigenvalue weighted by atomic mass is 16.3. The first-order valence-corrected chi connectivity index (χ1v) is 7.11. The fraction of sp³-hybridized carbons (Fsp3) is 0.571. The molecular formula is C14H22N4O3. The minimum Gasteiger partial charge on any atom is -0.468 e. The predicted octanol–water partition coefficient (Wildman–Crippen LogP) is 0.241. The molecule has 1 aromatic rings. The topological polar surface area (TPSA) is 77.8 Å². The molecule has 116 valence electrons. The summed E-state index contributed by atoms with van der Waals surface area (Å²) in [5.74, 6) is 0.683. The number of piperazine rings is 1. The molecule has 2 heterocycles. The van der Waals surface area contributed by atoms with Crippen LogP contribution in [0.5, 0.6) is 0 Å². The fourth-order valence-corrected chi connectivity index (χ4v) is 2.38. The lowest BCUT2D eigenvalue weighted by molar-refractivity contribution is -0.125. The summed E-state index contributed by atoms with van der Waals surface area (Å²) in [6.07, 6.45) is 1.68. The third-order valence-corrected chi connectivity index (χ3v) is 3.76. The predicted molar refractivity (Wildman–Crippen MR) is 77.6 cm³/mol. The summed E-state index contributed by atoms with van der Waals surface area (Å²) < 4.78 is 5.34. The number of furan rings is 1. The molecule has 3 amide bonds. The summed E-state index contributed by atoms with van der Waals surface area (Å²) in [6.45, 7) is 5.95. The molecule has 7 heteroatoms. The lowest BCUT2D eigenvalue weighted by Gasteiger charge is -2.36. The largest absolute Gasteiger partial charge is 0.468 e. The molecule has 0 aliphatic carbocycles. The molecule has 1 aliphatic rings. The van der Waals surface area contributed by atoms with Crippen LogP contribution in [-0.2, 0) is 11.3 Å². The van der Waals surface area contributed by atoms with E-state index in [1.54, 1.807) is 6.26 Å². The van der Waals surface area contributed by atoms with Gasteiger partial charge >= 0.3 is 6.03 Å². The van der Waals surface area contributed by atoms with Crippen molar-refractivity contribution in [2.75, 3.05) is 33.2 Å². The van der Waals surface area contributed by atoms with Crippen molar-refractivity contribution in [3.8, 4) is 0 Å². The first kappa shape index (κ1) is 15.5. The number of urea groups is 1. The Balaban J connectivity index is 1.77. The molecule has 0 aromatic carbocycles. The molecule has 0 unspecified atom stereocenters. The van der Waals surface area contributed by atoms with E-state index in [4.69, 9.17) is 4.42 Å². The maximum absolute atomic E-state index is 11.9. The molecule has 0 saturated carbocycles. The van der Waals surface area contributed by atoms with E-state index in [2.05, 4.69) is 20.4 Å². The average Bonchev–Trinajstić information content (AvgIpc) is 3.00. The lowest BCUT2D eigenvalue weighted by Crippen LogP contribution is -2.55. The Morgan fingerprint density at radius 3 is 2.62 bits per heavy atom.